The van der Waals surface area contributed by atoms with Crippen molar-refractivity contribution < 1.29 is 45.3 Å². The molecule has 0 saturated carbocycles. The fraction of sp³-hybridized carbons (Fsp3) is 0.875. The number of carboxylic acid groups (broad SMARTS) is 1. The highest BCUT2D eigenvalue weighted by Crippen LogP contribution is 2.29. The van der Waals surface area contributed by atoms with Gasteiger partial charge in [-0.2, -0.15) is 0 Å². The Morgan fingerprint density at radius 3 is 2.24 bits per heavy atom. The van der Waals surface area contributed by atoms with Crippen molar-refractivity contribution in [2.45, 2.75) is 36.3 Å². The number of carboxylic acids is 1. The molecular formula is C8H14O9. The monoisotopic (exact) mass is 254 g/mol. The van der Waals surface area contributed by atoms with Crippen molar-refractivity contribution in [1.82, 2.24) is 0 Å². The van der Waals surface area contributed by atoms with Gasteiger partial charge in [0, 0.05) is 0 Å². The van der Waals surface area contributed by atoms with Gasteiger partial charge in [0.25, 0.3) is 5.79 Å². The molecule has 1 fully saturated rings. The minimum absolute atomic E-state index is 0.889. The van der Waals surface area contributed by atoms with Crippen LogP contribution in [0, 0.1) is 0 Å². The number of aliphatic hydroxyl groups excluding tert-OH is 5. The van der Waals surface area contributed by atoms with Crippen LogP contribution in [-0.2, 0) is 9.53 Å². The molecule has 0 radical (unpaired) electrons. The standard InChI is InChI=1S/C8H14O9/c9-1-2(10)5-3(11)4(12)6(13)8(16,17-5)7(14)15/h2-6,9-13,16H,1H2,(H,14,15)/t2-,3-,4+,5-,6+,8+/m1/s1. The van der Waals surface area contributed by atoms with Crippen LogP contribution in [0.5, 0.6) is 0 Å². The lowest BCUT2D eigenvalue weighted by molar-refractivity contribution is -0.346. The van der Waals surface area contributed by atoms with Crippen LogP contribution in [0.25, 0.3) is 0 Å². The number of ether oxygens (including phenoxy) is 1. The van der Waals surface area contributed by atoms with Crippen molar-refractivity contribution in [2.24, 2.45) is 0 Å². The number of hydrogen-bond acceptors (Lipinski definition) is 8. The van der Waals surface area contributed by atoms with Crippen molar-refractivity contribution in [3.05, 3.63) is 0 Å². The van der Waals surface area contributed by atoms with Crippen molar-refractivity contribution in [3.8, 4) is 0 Å². The molecule has 100 valence electrons. The molecule has 9 heteroatoms. The van der Waals surface area contributed by atoms with E-state index < -0.39 is 48.9 Å². The Balaban J connectivity index is 3.02. The number of carbonyl (C=O) groups is 1. The second-order valence-electron chi connectivity index (χ2n) is 3.76. The summed E-state index contributed by atoms with van der Waals surface area (Å²) in [5.74, 6) is -5.16. The fourth-order valence-corrected chi connectivity index (χ4v) is 1.55. The molecule has 0 spiro atoms. The molecule has 1 aliphatic heterocycles. The molecular weight excluding hydrogens is 240 g/mol. The Morgan fingerprint density at radius 1 is 1.29 bits per heavy atom. The van der Waals surface area contributed by atoms with E-state index in [9.17, 15) is 30.3 Å². The molecule has 1 saturated heterocycles. The fourth-order valence-electron chi connectivity index (χ4n) is 1.55. The van der Waals surface area contributed by atoms with Gasteiger partial charge in [-0.25, -0.2) is 4.79 Å². The predicted octanol–water partition coefficient (Wildman–Crippen LogP) is -4.41. The number of aliphatic hydroxyl groups is 6. The van der Waals surface area contributed by atoms with Crippen LogP contribution < -0.4 is 0 Å². The molecule has 1 aliphatic rings. The molecule has 1 rings (SSSR count). The maximum atomic E-state index is 10.7. The van der Waals surface area contributed by atoms with Crippen LogP contribution in [0.2, 0.25) is 0 Å². The Hall–Kier alpha value is -0.810. The second kappa shape index (κ2) is 4.82. The van der Waals surface area contributed by atoms with Gasteiger partial charge in [-0.1, -0.05) is 0 Å². The molecule has 1 heterocycles. The molecule has 0 aromatic rings. The second-order valence-corrected chi connectivity index (χ2v) is 3.76. The lowest BCUT2D eigenvalue weighted by Gasteiger charge is -2.44. The first-order chi connectivity index (χ1) is 7.75. The van der Waals surface area contributed by atoms with E-state index in [0.717, 1.165) is 0 Å². The van der Waals surface area contributed by atoms with E-state index in [1.807, 2.05) is 0 Å². The summed E-state index contributed by atoms with van der Waals surface area (Å²) in [6, 6.07) is 0. The van der Waals surface area contributed by atoms with E-state index in [0.29, 0.717) is 0 Å². The van der Waals surface area contributed by atoms with Crippen molar-refractivity contribution in [3.63, 3.8) is 0 Å². The van der Waals surface area contributed by atoms with E-state index >= 15 is 0 Å². The number of hydrogen-bond donors (Lipinski definition) is 7. The summed E-state index contributed by atoms with van der Waals surface area (Å²) in [6.45, 7) is -0.889. The van der Waals surface area contributed by atoms with Crippen LogP contribution in [0.3, 0.4) is 0 Å². The quantitative estimate of drug-likeness (QED) is 0.263. The van der Waals surface area contributed by atoms with Crippen molar-refractivity contribution in [1.29, 1.82) is 0 Å². The minimum Gasteiger partial charge on any atom is -0.477 e. The van der Waals surface area contributed by atoms with Gasteiger partial charge in [0.15, 0.2) is 0 Å². The van der Waals surface area contributed by atoms with Gasteiger partial charge in [-0.15, -0.1) is 0 Å². The normalized spacial score (nSPS) is 44.4. The van der Waals surface area contributed by atoms with Crippen LogP contribution in [0.15, 0.2) is 0 Å². The zero-order valence-electron chi connectivity index (χ0n) is 8.54. The summed E-state index contributed by atoms with van der Waals surface area (Å²) in [7, 11) is 0. The number of rotatable bonds is 3. The first-order valence-electron chi connectivity index (χ1n) is 4.72. The van der Waals surface area contributed by atoms with Gasteiger partial charge in [0.1, 0.15) is 30.5 Å². The molecule has 0 amide bonds. The van der Waals surface area contributed by atoms with E-state index in [2.05, 4.69) is 4.74 Å². The van der Waals surface area contributed by atoms with E-state index in [1.165, 1.54) is 0 Å². The van der Waals surface area contributed by atoms with Gasteiger partial charge >= 0.3 is 5.97 Å². The highest BCUT2D eigenvalue weighted by atomic mass is 16.7. The molecule has 0 aromatic carbocycles. The highest BCUT2D eigenvalue weighted by molar-refractivity contribution is 5.76. The number of aliphatic carboxylic acids is 1. The van der Waals surface area contributed by atoms with Gasteiger partial charge in [0.05, 0.1) is 6.61 Å². The molecule has 0 unspecified atom stereocenters. The topological polar surface area (TPSA) is 168 Å². The molecule has 0 aromatic heterocycles. The highest BCUT2D eigenvalue weighted by Gasteiger charge is 2.58. The lowest BCUT2D eigenvalue weighted by atomic mass is 9.90. The Labute approximate surface area is 95.1 Å². The summed E-state index contributed by atoms with van der Waals surface area (Å²) >= 11 is 0. The summed E-state index contributed by atoms with van der Waals surface area (Å²) < 4.78 is 4.47. The van der Waals surface area contributed by atoms with Gasteiger partial charge in [-0.05, 0) is 0 Å². The van der Waals surface area contributed by atoms with Gasteiger partial charge in [0.2, 0.25) is 0 Å². The first kappa shape index (κ1) is 14.3. The van der Waals surface area contributed by atoms with Gasteiger partial charge in [-0.3, -0.25) is 0 Å². The zero-order valence-corrected chi connectivity index (χ0v) is 8.54. The SMILES string of the molecule is O=C(O)[C@@]1(O)O[C@H]([C@H](O)CO)[C@H](O)[C@H](O)[C@@H]1O. The zero-order chi connectivity index (χ0) is 13.4. The molecule has 0 bridgehead atoms. The summed E-state index contributed by atoms with van der Waals surface area (Å²) in [5, 5.41) is 64.1. The summed E-state index contributed by atoms with van der Waals surface area (Å²) in [6.07, 6.45) is -9.67. The Morgan fingerprint density at radius 2 is 1.82 bits per heavy atom. The molecule has 17 heavy (non-hydrogen) atoms. The molecule has 7 N–H and O–H groups in total. The van der Waals surface area contributed by atoms with Crippen LogP contribution in [0.1, 0.15) is 0 Å². The molecule has 9 nitrogen and oxygen atoms in total. The summed E-state index contributed by atoms with van der Waals surface area (Å²) in [5.41, 5.74) is 0. The smallest absolute Gasteiger partial charge is 0.367 e. The molecule has 6 atom stereocenters. The summed E-state index contributed by atoms with van der Waals surface area (Å²) in [4.78, 5) is 10.7. The lowest BCUT2D eigenvalue weighted by Crippen LogP contribution is -2.69. The van der Waals surface area contributed by atoms with Crippen LogP contribution in [0.4, 0.5) is 0 Å². The Bertz CT molecular complexity index is 295. The maximum absolute atomic E-state index is 10.7. The van der Waals surface area contributed by atoms with Crippen molar-refractivity contribution >= 4 is 5.97 Å². The van der Waals surface area contributed by atoms with E-state index in [1.54, 1.807) is 0 Å². The minimum atomic E-state index is -3.17. The van der Waals surface area contributed by atoms with E-state index in [-0.39, 0.29) is 0 Å². The maximum Gasteiger partial charge on any atom is 0.367 e. The third-order valence-electron chi connectivity index (χ3n) is 2.60. The van der Waals surface area contributed by atoms with Crippen LogP contribution >= 0.6 is 0 Å². The first-order valence-corrected chi connectivity index (χ1v) is 4.72. The van der Waals surface area contributed by atoms with Gasteiger partial charge < -0.3 is 40.5 Å². The third-order valence-corrected chi connectivity index (χ3v) is 2.60. The predicted molar refractivity (Wildman–Crippen MR) is 48.6 cm³/mol. The third kappa shape index (κ3) is 2.26. The largest absolute Gasteiger partial charge is 0.477 e. The van der Waals surface area contributed by atoms with Crippen molar-refractivity contribution in [2.75, 3.05) is 6.61 Å². The average molecular weight is 254 g/mol. The van der Waals surface area contributed by atoms with Crippen LogP contribution in [-0.4, -0.2) is 84.6 Å². The molecule has 0 aliphatic carbocycles. The average Bonchev–Trinajstić information content (AvgIpc) is 2.30. The van der Waals surface area contributed by atoms with E-state index in [4.69, 9.17) is 10.2 Å². The Kier molecular flexibility index (Phi) is 4.04.